The van der Waals surface area contributed by atoms with E-state index in [1.165, 1.54) is 22.7 Å². The lowest BCUT2D eigenvalue weighted by atomic mass is 9.76. The zero-order chi connectivity index (χ0) is 30.2. The smallest absolute Gasteiger partial charge is 0.332 e. The van der Waals surface area contributed by atoms with Gasteiger partial charge in [0.25, 0.3) is 5.56 Å². The second-order valence-corrected chi connectivity index (χ2v) is 10.3. The van der Waals surface area contributed by atoms with Crippen LogP contribution in [-0.2, 0) is 30.2 Å². The Kier molecular flexibility index (Phi) is 9.87. The van der Waals surface area contributed by atoms with E-state index in [9.17, 15) is 19.2 Å². The average molecular weight is 574 g/mol. The highest BCUT2D eigenvalue weighted by Crippen LogP contribution is 2.37. The van der Waals surface area contributed by atoms with E-state index in [1.807, 2.05) is 4.57 Å². The Morgan fingerprint density at radius 3 is 1.88 bits per heavy atom. The zero-order valence-electron chi connectivity index (χ0n) is 23.7. The van der Waals surface area contributed by atoms with Crippen LogP contribution in [0.5, 0.6) is 0 Å². The molecule has 3 heterocycles. The lowest BCUT2D eigenvalue weighted by Gasteiger charge is -2.36. The van der Waals surface area contributed by atoms with Crippen LogP contribution in [0.15, 0.2) is 88.7 Å². The SMILES string of the molecule is Cn1c(=O)c2c(ncn2CCN2CCC(C(c3ccccc3)c3ccccc3)CC2)n(C)c1=O.O=C(O)/C=C/C(=O)O. The Bertz CT molecular complexity index is 1610. The molecular weight excluding hydrogens is 538 g/mol. The molecule has 2 aromatic carbocycles. The van der Waals surface area contributed by atoms with Crippen molar-refractivity contribution in [2.75, 3.05) is 19.6 Å². The van der Waals surface area contributed by atoms with Gasteiger partial charge in [0.05, 0.1) is 6.33 Å². The minimum Gasteiger partial charge on any atom is -0.478 e. The monoisotopic (exact) mass is 573 g/mol. The van der Waals surface area contributed by atoms with Gasteiger partial charge >= 0.3 is 17.6 Å². The van der Waals surface area contributed by atoms with Gasteiger partial charge in [0.2, 0.25) is 0 Å². The number of imidazole rings is 1. The quantitative estimate of drug-likeness (QED) is 0.307. The van der Waals surface area contributed by atoms with Gasteiger partial charge in [-0.2, -0.15) is 0 Å². The largest absolute Gasteiger partial charge is 0.478 e. The maximum absolute atomic E-state index is 12.7. The molecule has 4 aromatic rings. The molecule has 2 N–H and O–H groups in total. The summed E-state index contributed by atoms with van der Waals surface area (Å²) in [5.41, 5.74) is 3.07. The third kappa shape index (κ3) is 7.10. The van der Waals surface area contributed by atoms with Gasteiger partial charge in [-0.15, -0.1) is 0 Å². The lowest BCUT2D eigenvalue weighted by Crippen LogP contribution is -2.39. The molecule has 0 spiro atoms. The molecule has 0 unspecified atom stereocenters. The summed E-state index contributed by atoms with van der Waals surface area (Å²) in [6.07, 6.45) is 5.06. The van der Waals surface area contributed by atoms with Gasteiger partial charge in [-0.3, -0.25) is 13.9 Å². The first-order valence-electron chi connectivity index (χ1n) is 13.7. The van der Waals surface area contributed by atoms with E-state index >= 15 is 0 Å². The number of likely N-dealkylation sites (tertiary alicyclic amines) is 1. The minimum atomic E-state index is -1.26. The molecule has 220 valence electrons. The molecule has 42 heavy (non-hydrogen) atoms. The molecule has 1 fully saturated rings. The number of carbonyl (C=O) groups is 2. The summed E-state index contributed by atoms with van der Waals surface area (Å²) in [5, 5.41) is 15.6. The van der Waals surface area contributed by atoms with Gasteiger partial charge in [-0.1, -0.05) is 60.7 Å². The number of aliphatic carboxylic acids is 2. The van der Waals surface area contributed by atoms with Crippen LogP contribution in [0.1, 0.15) is 29.9 Å². The fourth-order valence-electron chi connectivity index (χ4n) is 5.53. The van der Waals surface area contributed by atoms with E-state index in [-0.39, 0.29) is 11.2 Å². The Labute approximate surface area is 242 Å². The number of benzene rings is 2. The van der Waals surface area contributed by atoms with Crippen molar-refractivity contribution in [1.82, 2.24) is 23.6 Å². The number of piperidine rings is 1. The highest BCUT2D eigenvalue weighted by molar-refractivity contribution is 5.89. The standard InChI is InChI=1S/C27H31N5O2.C4H4O4/c1-29-25-24(26(33)30(2)27(29)34)32(19-28-25)18-17-31-15-13-22(14-16-31)23(20-9-5-3-6-10-20)21-11-7-4-8-12-21;5-3(6)1-2-4(7)8/h3-12,19,22-23H,13-18H2,1-2H3;1-2H,(H,5,6)(H,7,8)/b;2-1+. The van der Waals surface area contributed by atoms with Crippen molar-refractivity contribution in [2.45, 2.75) is 25.3 Å². The molecular formula is C31H35N5O6. The number of rotatable bonds is 8. The number of aryl methyl sites for hydroxylation is 1. The summed E-state index contributed by atoms with van der Waals surface area (Å²) >= 11 is 0. The molecule has 0 radical (unpaired) electrons. The number of nitrogens with zero attached hydrogens (tertiary/aromatic N) is 5. The third-order valence-corrected chi connectivity index (χ3v) is 7.66. The van der Waals surface area contributed by atoms with Crippen molar-refractivity contribution in [2.24, 2.45) is 20.0 Å². The van der Waals surface area contributed by atoms with Crippen LogP contribution in [0.4, 0.5) is 0 Å². The molecule has 0 aliphatic carbocycles. The van der Waals surface area contributed by atoms with Gasteiger partial charge in [0, 0.05) is 45.3 Å². The van der Waals surface area contributed by atoms with Crippen LogP contribution < -0.4 is 11.2 Å². The fourth-order valence-corrected chi connectivity index (χ4v) is 5.53. The Morgan fingerprint density at radius 2 is 1.38 bits per heavy atom. The zero-order valence-corrected chi connectivity index (χ0v) is 23.7. The molecule has 2 aromatic heterocycles. The molecule has 1 aliphatic rings. The Hall–Kier alpha value is -4.77. The molecule has 0 atom stereocenters. The number of carboxylic acids is 2. The first-order valence-corrected chi connectivity index (χ1v) is 13.7. The molecule has 0 bridgehead atoms. The van der Waals surface area contributed by atoms with Crippen molar-refractivity contribution in [3.63, 3.8) is 0 Å². The number of aromatic nitrogens is 4. The number of hydrogen-bond donors (Lipinski definition) is 2. The average Bonchev–Trinajstić information content (AvgIpc) is 3.43. The van der Waals surface area contributed by atoms with E-state index in [4.69, 9.17) is 10.2 Å². The van der Waals surface area contributed by atoms with E-state index in [1.54, 1.807) is 13.4 Å². The third-order valence-electron chi connectivity index (χ3n) is 7.66. The van der Waals surface area contributed by atoms with E-state index in [2.05, 4.69) is 70.5 Å². The first-order chi connectivity index (χ1) is 20.2. The second-order valence-electron chi connectivity index (χ2n) is 10.3. The van der Waals surface area contributed by atoms with Gasteiger partial charge in [-0.05, 0) is 43.0 Å². The Balaban J connectivity index is 0.000000446. The Morgan fingerprint density at radius 1 is 0.857 bits per heavy atom. The summed E-state index contributed by atoms with van der Waals surface area (Å²) < 4.78 is 4.48. The van der Waals surface area contributed by atoms with Crippen LogP contribution in [-0.4, -0.2) is 65.4 Å². The van der Waals surface area contributed by atoms with Crippen LogP contribution in [0.25, 0.3) is 11.2 Å². The fraction of sp³-hybridized carbons (Fsp3) is 0.323. The van der Waals surface area contributed by atoms with E-state index in [0.717, 1.165) is 37.0 Å². The predicted octanol–water partition coefficient (Wildman–Crippen LogP) is 2.69. The molecule has 1 saturated heterocycles. The molecule has 0 saturated carbocycles. The van der Waals surface area contributed by atoms with Gasteiger partial charge < -0.3 is 19.7 Å². The molecule has 11 nitrogen and oxygen atoms in total. The number of fused-ring (bicyclic) bond motifs is 1. The summed E-state index contributed by atoms with van der Waals surface area (Å²) in [6, 6.07) is 21.7. The normalized spacial score (nSPS) is 14.3. The maximum atomic E-state index is 12.7. The molecule has 0 amide bonds. The van der Waals surface area contributed by atoms with Crippen LogP contribution in [0, 0.1) is 5.92 Å². The van der Waals surface area contributed by atoms with E-state index < -0.39 is 11.9 Å². The van der Waals surface area contributed by atoms with Crippen molar-refractivity contribution >= 4 is 23.1 Å². The summed E-state index contributed by atoms with van der Waals surface area (Å²) in [6.45, 7) is 3.59. The summed E-state index contributed by atoms with van der Waals surface area (Å²) in [7, 11) is 3.17. The van der Waals surface area contributed by atoms with Gasteiger partial charge in [-0.25, -0.2) is 19.4 Å². The molecule has 1 aliphatic heterocycles. The highest BCUT2D eigenvalue weighted by Gasteiger charge is 2.29. The topological polar surface area (TPSA) is 140 Å². The van der Waals surface area contributed by atoms with Crippen molar-refractivity contribution in [3.05, 3.63) is 111 Å². The van der Waals surface area contributed by atoms with Crippen molar-refractivity contribution in [3.8, 4) is 0 Å². The molecule has 11 heteroatoms. The van der Waals surface area contributed by atoms with Crippen molar-refractivity contribution in [1.29, 1.82) is 0 Å². The lowest BCUT2D eigenvalue weighted by molar-refractivity contribution is -0.134. The summed E-state index contributed by atoms with van der Waals surface area (Å²) in [4.78, 5) is 50.8. The minimum absolute atomic E-state index is 0.289. The number of carboxylic acid groups (broad SMARTS) is 2. The highest BCUT2D eigenvalue weighted by atomic mass is 16.4. The number of hydrogen-bond acceptors (Lipinski definition) is 6. The van der Waals surface area contributed by atoms with Gasteiger partial charge in [0.15, 0.2) is 11.2 Å². The first kappa shape index (κ1) is 30.2. The van der Waals surface area contributed by atoms with Gasteiger partial charge in [0.1, 0.15) is 0 Å². The van der Waals surface area contributed by atoms with Crippen LogP contribution >= 0.6 is 0 Å². The maximum Gasteiger partial charge on any atom is 0.332 e. The summed E-state index contributed by atoms with van der Waals surface area (Å²) in [5.74, 6) is -1.51. The van der Waals surface area contributed by atoms with Crippen LogP contribution in [0.2, 0.25) is 0 Å². The van der Waals surface area contributed by atoms with Crippen molar-refractivity contribution < 1.29 is 19.8 Å². The van der Waals surface area contributed by atoms with Crippen LogP contribution in [0.3, 0.4) is 0 Å². The molecule has 5 rings (SSSR count). The second kappa shape index (κ2) is 13.7. The predicted molar refractivity (Wildman–Crippen MR) is 159 cm³/mol. The van der Waals surface area contributed by atoms with E-state index in [0.29, 0.717) is 41.7 Å².